The van der Waals surface area contributed by atoms with Crippen LogP contribution in [0.2, 0.25) is 0 Å². The lowest BCUT2D eigenvalue weighted by atomic mass is 9.78. The minimum atomic E-state index is -0.824. The molecule has 0 radical (unpaired) electrons. The molecule has 3 fully saturated rings. The predicted octanol–water partition coefficient (Wildman–Crippen LogP) is 6.65. The SMILES string of the molecule is CSc1nc2c(F)c(Br)c(CCC#N)cc2c(N(C(=O)OC(C)(C)C)[C@H]2[C@@H]3C[C@H]2N(C(=O)OC(C)(C)C)C3)c1N. The summed E-state index contributed by atoms with van der Waals surface area (Å²) in [5, 5.41) is 9.85. The zero-order valence-electron chi connectivity index (χ0n) is 23.8. The number of fused-ring (bicyclic) bond motifs is 2. The molecule has 1 saturated carbocycles. The predicted molar refractivity (Wildman–Crippen MR) is 157 cm³/mol. The number of benzene rings is 1. The van der Waals surface area contributed by atoms with Crippen molar-refractivity contribution >= 4 is 62.2 Å². The Balaban J connectivity index is 1.92. The molecule has 2 saturated heterocycles. The smallest absolute Gasteiger partial charge is 0.415 e. The third-order valence-corrected chi connectivity index (χ3v) is 8.48. The van der Waals surface area contributed by atoms with Gasteiger partial charge >= 0.3 is 12.2 Å². The van der Waals surface area contributed by atoms with Crippen LogP contribution >= 0.6 is 27.7 Å². The maximum absolute atomic E-state index is 15.8. The summed E-state index contributed by atoms with van der Waals surface area (Å²) in [6.45, 7) is 11.1. The van der Waals surface area contributed by atoms with Crippen molar-refractivity contribution in [1.82, 2.24) is 9.88 Å². The molecule has 5 rings (SSSR count). The number of carbonyl (C=O) groups is 2. The van der Waals surface area contributed by atoms with Crippen LogP contribution in [-0.2, 0) is 15.9 Å². The second-order valence-corrected chi connectivity index (χ2v) is 13.7. The number of nitrogens with two attached hydrogens (primary N) is 1. The Kier molecular flexibility index (Phi) is 8.22. The molecule has 1 aromatic heterocycles. The third kappa shape index (κ3) is 5.68. The Bertz CT molecular complexity index is 1400. The van der Waals surface area contributed by atoms with Gasteiger partial charge in [-0.25, -0.2) is 19.0 Å². The summed E-state index contributed by atoms with van der Waals surface area (Å²) in [7, 11) is 0. The maximum atomic E-state index is 15.8. The van der Waals surface area contributed by atoms with Gasteiger partial charge in [-0.1, -0.05) is 0 Å². The van der Waals surface area contributed by atoms with Gasteiger partial charge < -0.3 is 20.1 Å². The van der Waals surface area contributed by atoms with Crippen LogP contribution in [0.25, 0.3) is 10.9 Å². The normalized spacial score (nSPS) is 20.2. The summed E-state index contributed by atoms with van der Waals surface area (Å²) in [4.78, 5) is 34.7. The van der Waals surface area contributed by atoms with Gasteiger partial charge in [-0.15, -0.1) is 11.8 Å². The van der Waals surface area contributed by atoms with Crippen LogP contribution in [-0.4, -0.2) is 58.2 Å². The number of aryl methyl sites for hydroxylation is 1. The summed E-state index contributed by atoms with van der Waals surface area (Å²) < 4.78 is 27.5. The Labute approximate surface area is 246 Å². The number of carbonyl (C=O) groups excluding carboxylic acids is 2. The van der Waals surface area contributed by atoms with E-state index in [1.807, 2.05) is 0 Å². The van der Waals surface area contributed by atoms with E-state index < -0.39 is 35.2 Å². The first kappa shape index (κ1) is 30.2. The standard InChI is InChI=1S/C28H35BrFN5O4S/c1-27(2,3)38-25(36)34-13-15-12-17(34)22(15)35(26(37)39-28(4,5)6)23-16-11-14(9-8-10-31)18(29)19(30)21(16)33-24(40-7)20(23)32/h11,15,17,22H,8-9,12-13,32H2,1-7H3/t15-,17-,22+/m1/s1. The number of rotatable bonds is 5. The van der Waals surface area contributed by atoms with Crippen molar-refractivity contribution in [2.75, 3.05) is 23.4 Å². The molecule has 1 aromatic carbocycles. The zero-order valence-corrected chi connectivity index (χ0v) is 26.2. The number of hydrogen-bond acceptors (Lipinski definition) is 8. The van der Waals surface area contributed by atoms with Crippen LogP contribution in [0.3, 0.4) is 0 Å². The van der Waals surface area contributed by atoms with E-state index in [2.05, 4.69) is 27.0 Å². The molecule has 3 aliphatic rings. The summed E-state index contributed by atoms with van der Waals surface area (Å²) in [5.74, 6) is -0.651. The minimum absolute atomic E-state index is 0.0466. The van der Waals surface area contributed by atoms with Crippen molar-refractivity contribution in [2.24, 2.45) is 5.92 Å². The van der Waals surface area contributed by atoms with E-state index >= 15 is 4.39 Å². The number of anilines is 2. The number of ether oxygens (including phenoxy) is 2. The monoisotopic (exact) mass is 635 g/mol. The van der Waals surface area contributed by atoms with Crippen molar-refractivity contribution in [2.45, 2.75) is 89.1 Å². The van der Waals surface area contributed by atoms with Gasteiger partial charge in [-0.3, -0.25) is 4.90 Å². The molecule has 2 aromatic rings. The van der Waals surface area contributed by atoms with Gasteiger partial charge in [-0.05, 0) is 88.2 Å². The van der Waals surface area contributed by atoms with Crippen LogP contribution in [0.15, 0.2) is 15.6 Å². The molecule has 40 heavy (non-hydrogen) atoms. The molecule has 2 bridgehead atoms. The van der Waals surface area contributed by atoms with Crippen molar-refractivity contribution in [3.63, 3.8) is 0 Å². The Morgan fingerprint density at radius 2 is 1.93 bits per heavy atom. The maximum Gasteiger partial charge on any atom is 0.415 e. The molecule has 216 valence electrons. The van der Waals surface area contributed by atoms with Gasteiger partial charge in [-0.2, -0.15) is 5.26 Å². The number of nitrogens with zero attached hydrogens (tertiary/aromatic N) is 4. The highest BCUT2D eigenvalue weighted by Gasteiger charge is 2.59. The Morgan fingerprint density at radius 1 is 1.27 bits per heavy atom. The largest absolute Gasteiger partial charge is 0.444 e. The van der Waals surface area contributed by atoms with E-state index in [-0.39, 0.29) is 34.1 Å². The molecule has 2 amide bonds. The first-order valence-electron chi connectivity index (χ1n) is 13.1. The van der Waals surface area contributed by atoms with Crippen LogP contribution in [0, 0.1) is 23.1 Å². The molecule has 1 aliphatic carbocycles. The molecule has 12 heteroatoms. The second kappa shape index (κ2) is 10.9. The van der Waals surface area contributed by atoms with Gasteiger partial charge in [0.25, 0.3) is 0 Å². The fraction of sp³-hybridized carbons (Fsp3) is 0.571. The first-order chi connectivity index (χ1) is 18.6. The Hall–Kier alpha value is -2.78. The van der Waals surface area contributed by atoms with Crippen molar-refractivity contribution in [3.8, 4) is 6.07 Å². The van der Waals surface area contributed by atoms with Gasteiger partial charge in [0.1, 0.15) is 21.7 Å². The van der Waals surface area contributed by atoms with Crippen LogP contribution in [0.5, 0.6) is 0 Å². The van der Waals surface area contributed by atoms with E-state index in [0.29, 0.717) is 41.0 Å². The first-order valence-corrected chi connectivity index (χ1v) is 15.1. The number of nitrogen functional groups attached to an aromatic ring is 1. The lowest BCUT2D eigenvalue weighted by Gasteiger charge is -2.44. The van der Waals surface area contributed by atoms with Crippen molar-refractivity contribution in [3.05, 3.63) is 21.9 Å². The lowest BCUT2D eigenvalue weighted by molar-refractivity contribution is 0.0217. The van der Waals surface area contributed by atoms with Crippen LogP contribution in [0.4, 0.5) is 25.4 Å². The van der Waals surface area contributed by atoms with Crippen molar-refractivity contribution in [1.29, 1.82) is 5.26 Å². The molecule has 0 spiro atoms. The number of aromatic nitrogens is 1. The highest BCUT2D eigenvalue weighted by atomic mass is 79.9. The highest BCUT2D eigenvalue weighted by molar-refractivity contribution is 9.10. The molecule has 3 heterocycles. The summed E-state index contributed by atoms with van der Waals surface area (Å²) >= 11 is 4.57. The number of hydrogen-bond donors (Lipinski definition) is 1. The molecule has 2 N–H and O–H groups in total. The quantitative estimate of drug-likeness (QED) is 0.363. The molecule has 2 aliphatic heterocycles. The minimum Gasteiger partial charge on any atom is -0.444 e. The molecule has 0 unspecified atom stereocenters. The van der Waals surface area contributed by atoms with Crippen LogP contribution in [0.1, 0.15) is 59.9 Å². The Morgan fingerprint density at radius 3 is 2.50 bits per heavy atom. The van der Waals surface area contributed by atoms with E-state index in [1.54, 1.807) is 58.8 Å². The van der Waals surface area contributed by atoms with Crippen molar-refractivity contribution < 1.29 is 23.5 Å². The summed E-state index contributed by atoms with van der Waals surface area (Å²) in [6, 6.07) is 3.03. The highest BCUT2D eigenvalue weighted by Crippen LogP contribution is 2.50. The number of nitriles is 1. The van der Waals surface area contributed by atoms with E-state index in [9.17, 15) is 9.59 Å². The second-order valence-electron chi connectivity index (χ2n) is 12.1. The number of amides is 2. The molecular formula is C28H35BrFN5O4S. The molecule has 3 atom stereocenters. The van der Waals surface area contributed by atoms with Crippen LogP contribution < -0.4 is 10.6 Å². The van der Waals surface area contributed by atoms with E-state index in [4.69, 9.17) is 20.5 Å². The summed E-state index contributed by atoms with van der Waals surface area (Å²) in [6.07, 6.45) is 1.84. The molecule has 9 nitrogen and oxygen atoms in total. The third-order valence-electron chi connectivity index (χ3n) is 6.92. The van der Waals surface area contributed by atoms with E-state index in [1.165, 1.54) is 16.7 Å². The fourth-order valence-corrected chi connectivity index (χ4v) is 6.33. The molecular weight excluding hydrogens is 601 g/mol. The number of halogens is 2. The topological polar surface area (TPSA) is 122 Å². The average molecular weight is 637 g/mol. The number of pyridine rings is 1. The van der Waals surface area contributed by atoms with Gasteiger partial charge in [0.15, 0.2) is 5.82 Å². The zero-order chi connectivity index (χ0) is 29.7. The average Bonchev–Trinajstić information content (AvgIpc) is 3.43. The van der Waals surface area contributed by atoms with Gasteiger partial charge in [0, 0.05) is 24.3 Å². The lowest BCUT2D eigenvalue weighted by Crippen LogP contribution is -2.59. The summed E-state index contributed by atoms with van der Waals surface area (Å²) in [5.41, 5.74) is 6.30. The fourth-order valence-electron chi connectivity index (χ4n) is 5.33. The van der Waals surface area contributed by atoms with Gasteiger partial charge in [0.05, 0.1) is 34.0 Å². The number of thioether (sulfide) groups is 1. The van der Waals surface area contributed by atoms with Gasteiger partial charge in [0.2, 0.25) is 0 Å². The van der Waals surface area contributed by atoms with E-state index in [0.717, 1.165) is 0 Å².